The lowest BCUT2D eigenvalue weighted by Crippen LogP contribution is -2.20. The van der Waals surface area contributed by atoms with Gasteiger partial charge < -0.3 is 20.1 Å². The smallest absolute Gasteiger partial charge is 0.224 e. The molecule has 0 unspecified atom stereocenters. The first kappa shape index (κ1) is 18.6. The first-order valence-electron chi connectivity index (χ1n) is 9.59. The number of hydrogen-bond acceptors (Lipinski definition) is 7. The Balaban J connectivity index is 1.58. The predicted molar refractivity (Wildman–Crippen MR) is 110 cm³/mol. The lowest BCUT2D eigenvalue weighted by atomic mass is 10.0. The molecule has 2 N–H and O–H groups in total. The molecule has 1 aromatic carbocycles. The zero-order chi connectivity index (χ0) is 19.3. The third kappa shape index (κ3) is 4.21. The Hall–Kier alpha value is -2.77. The van der Waals surface area contributed by atoms with Crippen molar-refractivity contribution in [3.05, 3.63) is 53.9 Å². The average Bonchev–Trinajstić information content (AvgIpc) is 3.27. The molecule has 0 amide bonds. The van der Waals surface area contributed by atoms with Gasteiger partial charge in [0.05, 0.1) is 24.4 Å². The van der Waals surface area contributed by atoms with E-state index in [9.17, 15) is 0 Å². The second-order valence-electron chi connectivity index (χ2n) is 7.07. The second kappa shape index (κ2) is 8.50. The summed E-state index contributed by atoms with van der Waals surface area (Å²) in [6.07, 6.45) is 2.78. The average molecular weight is 379 g/mol. The van der Waals surface area contributed by atoms with Crippen LogP contribution < -0.4 is 10.2 Å². The summed E-state index contributed by atoms with van der Waals surface area (Å²) < 4.78 is 5.53. The second-order valence-corrected chi connectivity index (χ2v) is 7.07. The highest BCUT2D eigenvalue weighted by atomic mass is 16.5. The van der Waals surface area contributed by atoms with Crippen LogP contribution in [-0.2, 0) is 11.3 Å². The predicted octanol–water partition coefficient (Wildman–Crippen LogP) is 2.57. The number of benzene rings is 1. The number of pyridine rings is 1. The number of aliphatic hydroxyl groups is 1. The summed E-state index contributed by atoms with van der Waals surface area (Å²) >= 11 is 0. The van der Waals surface area contributed by atoms with Gasteiger partial charge in [-0.25, -0.2) is 4.98 Å². The summed E-state index contributed by atoms with van der Waals surface area (Å²) in [7, 11) is 2.03. The fraction of sp³-hybridized carbons (Fsp3) is 0.381. The molecule has 7 nitrogen and oxygen atoms in total. The maximum Gasteiger partial charge on any atom is 0.224 e. The van der Waals surface area contributed by atoms with Crippen molar-refractivity contribution in [3.63, 3.8) is 0 Å². The molecule has 1 aliphatic heterocycles. The van der Waals surface area contributed by atoms with Crippen LogP contribution in [0.15, 0.2) is 42.6 Å². The zero-order valence-corrected chi connectivity index (χ0v) is 16.0. The highest BCUT2D eigenvalue weighted by molar-refractivity contribution is 5.79. The van der Waals surface area contributed by atoms with E-state index < -0.39 is 0 Å². The molecule has 146 valence electrons. The van der Waals surface area contributed by atoms with Crippen LogP contribution in [0.2, 0.25) is 0 Å². The van der Waals surface area contributed by atoms with Crippen molar-refractivity contribution in [3.8, 4) is 0 Å². The van der Waals surface area contributed by atoms with Gasteiger partial charge in [-0.3, -0.25) is 4.98 Å². The topological polar surface area (TPSA) is 83.4 Å². The summed E-state index contributed by atoms with van der Waals surface area (Å²) in [5.74, 6) is 1.68. The molecule has 1 fully saturated rings. The quantitative estimate of drug-likeness (QED) is 0.653. The van der Waals surface area contributed by atoms with E-state index in [-0.39, 0.29) is 12.5 Å². The maximum atomic E-state index is 9.11. The molecular formula is C21H25N5O2. The monoisotopic (exact) mass is 379 g/mol. The van der Waals surface area contributed by atoms with Gasteiger partial charge in [0, 0.05) is 50.3 Å². The standard InChI is InChI=1S/C21H25N5O2/c1-26(13-15-4-5-18-16(11-15)3-2-7-22-18)20-12-19(17-6-10-28-14-17)24-21(25-20)23-8-9-27/h2-5,7,11-12,17,27H,6,8-10,13-14H2,1H3,(H,23,24,25)/t17-/m0/s1. The van der Waals surface area contributed by atoms with E-state index in [0.717, 1.165) is 42.0 Å². The molecule has 2 aromatic heterocycles. The van der Waals surface area contributed by atoms with Crippen molar-refractivity contribution in [2.24, 2.45) is 0 Å². The summed E-state index contributed by atoms with van der Waals surface area (Å²) in [6.45, 7) is 2.64. The normalized spacial score (nSPS) is 16.4. The van der Waals surface area contributed by atoms with Crippen LogP contribution in [0.1, 0.15) is 23.6 Å². The Morgan fingerprint density at radius 2 is 2.18 bits per heavy atom. The van der Waals surface area contributed by atoms with E-state index in [2.05, 4.69) is 43.4 Å². The van der Waals surface area contributed by atoms with Crippen molar-refractivity contribution in [1.29, 1.82) is 0 Å². The number of hydrogen-bond donors (Lipinski definition) is 2. The van der Waals surface area contributed by atoms with Crippen LogP contribution >= 0.6 is 0 Å². The molecule has 0 saturated carbocycles. The molecule has 1 aliphatic rings. The minimum atomic E-state index is 0.0381. The third-order valence-electron chi connectivity index (χ3n) is 4.95. The highest BCUT2D eigenvalue weighted by Gasteiger charge is 2.21. The van der Waals surface area contributed by atoms with Crippen LogP contribution in [0.3, 0.4) is 0 Å². The van der Waals surface area contributed by atoms with Gasteiger partial charge in [-0.2, -0.15) is 4.98 Å². The molecular weight excluding hydrogens is 354 g/mol. The van der Waals surface area contributed by atoms with Crippen molar-refractivity contribution in [2.45, 2.75) is 18.9 Å². The molecule has 0 radical (unpaired) electrons. The Labute approximate surface area is 164 Å². The summed E-state index contributed by atoms with van der Waals surface area (Å²) in [6, 6.07) is 12.4. The molecule has 0 bridgehead atoms. The van der Waals surface area contributed by atoms with E-state index in [1.165, 1.54) is 5.56 Å². The third-order valence-corrected chi connectivity index (χ3v) is 4.95. The SMILES string of the molecule is CN(Cc1ccc2ncccc2c1)c1cc([C@H]2CCOC2)nc(NCCO)n1. The first-order chi connectivity index (χ1) is 13.7. The number of nitrogens with one attached hydrogen (secondary N) is 1. The number of rotatable bonds is 7. The zero-order valence-electron chi connectivity index (χ0n) is 16.0. The van der Waals surface area contributed by atoms with Crippen molar-refractivity contribution < 1.29 is 9.84 Å². The Morgan fingerprint density at radius 3 is 3.00 bits per heavy atom. The molecule has 0 aliphatic carbocycles. The maximum absolute atomic E-state index is 9.11. The highest BCUT2D eigenvalue weighted by Crippen LogP contribution is 2.27. The van der Waals surface area contributed by atoms with E-state index in [0.29, 0.717) is 19.1 Å². The van der Waals surface area contributed by atoms with Crippen LogP contribution in [0.4, 0.5) is 11.8 Å². The molecule has 28 heavy (non-hydrogen) atoms. The van der Waals surface area contributed by atoms with Crippen molar-refractivity contribution >= 4 is 22.7 Å². The Kier molecular flexibility index (Phi) is 5.64. The molecule has 7 heteroatoms. The largest absolute Gasteiger partial charge is 0.395 e. The van der Waals surface area contributed by atoms with Gasteiger partial charge in [-0.05, 0) is 30.2 Å². The first-order valence-corrected chi connectivity index (χ1v) is 9.59. The van der Waals surface area contributed by atoms with E-state index in [1.54, 1.807) is 0 Å². The number of nitrogens with zero attached hydrogens (tertiary/aromatic N) is 4. The van der Waals surface area contributed by atoms with Crippen LogP contribution in [-0.4, -0.2) is 53.5 Å². The van der Waals surface area contributed by atoms with Gasteiger partial charge in [0.25, 0.3) is 0 Å². The number of ether oxygens (including phenoxy) is 1. The van der Waals surface area contributed by atoms with Crippen LogP contribution in [0.5, 0.6) is 0 Å². The van der Waals surface area contributed by atoms with Crippen LogP contribution in [0.25, 0.3) is 10.9 Å². The van der Waals surface area contributed by atoms with Gasteiger partial charge in [0.15, 0.2) is 0 Å². The van der Waals surface area contributed by atoms with E-state index in [4.69, 9.17) is 9.84 Å². The Morgan fingerprint density at radius 1 is 1.25 bits per heavy atom. The Bertz CT molecular complexity index is 943. The molecule has 4 rings (SSSR count). The molecule has 1 atom stereocenters. The number of anilines is 2. The van der Waals surface area contributed by atoms with Crippen molar-refractivity contribution in [1.82, 2.24) is 15.0 Å². The molecule has 3 aromatic rings. The lowest BCUT2D eigenvalue weighted by Gasteiger charge is -2.21. The fourth-order valence-electron chi connectivity index (χ4n) is 3.45. The van der Waals surface area contributed by atoms with Gasteiger partial charge in [-0.15, -0.1) is 0 Å². The number of aliphatic hydroxyl groups excluding tert-OH is 1. The number of aromatic nitrogens is 3. The molecule has 0 spiro atoms. The van der Waals surface area contributed by atoms with Crippen molar-refractivity contribution in [2.75, 3.05) is 43.6 Å². The summed E-state index contributed by atoms with van der Waals surface area (Å²) in [4.78, 5) is 15.8. The minimum absolute atomic E-state index is 0.0381. The van der Waals surface area contributed by atoms with E-state index in [1.807, 2.05) is 31.4 Å². The van der Waals surface area contributed by atoms with Gasteiger partial charge in [-0.1, -0.05) is 12.1 Å². The lowest BCUT2D eigenvalue weighted by molar-refractivity contribution is 0.193. The summed E-state index contributed by atoms with van der Waals surface area (Å²) in [5.41, 5.74) is 3.17. The minimum Gasteiger partial charge on any atom is -0.395 e. The fourth-order valence-corrected chi connectivity index (χ4v) is 3.45. The molecule has 3 heterocycles. The van der Waals surface area contributed by atoms with Gasteiger partial charge >= 0.3 is 0 Å². The van der Waals surface area contributed by atoms with Crippen LogP contribution in [0, 0.1) is 0 Å². The summed E-state index contributed by atoms with van der Waals surface area (Å²) in [5, 5.41) is 13.3. The van der Waals surface area contributed by atoms with Gasteiger partial charge in [0.2, 0.25) is 5.95 Å². The van der Waals surface area contributed by atoms with E-state index >= 15 is 0 Å². The number of fused-ring (bicyclic) bond motifs is 1. The van der Waals surface area contributed by atoms with Gasteiger partial charge in [0.1, 0.15) is 5.82 Å². The molecule has 1 saturated heterocycles.